The molecule has 1 N–H and O–H groups in total. The molecule has 1 aliphatic heterocycles. The Morgan fingerprint density at radius 2 is 2.19 bits per heavy atom. The summed E-state index contributed by atoms with van der Waals surface area (Å²) in [4.78, 5) is 2.56. The molecule has 1 saturated heterocycles. The van der Waals surface area contributed by atoms with Gasteiger partial charge in [0.2, 0.25) is 0 Å². The molecule has 2 fully saturated rings. The van der Waals surface area contributed by atoms with E-state index in [4.69, 9.17) is 11.6 Å². The van der Waals surface area contributed by atoms with Gasteiger partial charge < -0.3 is 5.32 Å². The molecule has 1 unspecified atom stereocenters. The molecule has 118 valence electrons. The van der Waals surface area contributed by atoms with E-state index in [1.807, 2.05) is 11.7 Å². The predicted molar refractivity (Wildman–Crippen MR) is 86.6 cm³/mol. The second-order valence-corrected chi connectivity index (χ2v) is 7.25. The number of hydrogen-bond donors (Lipinski definition) is 1. The Morgan fingerprint density at radius 3 is 2.81 bits per heavy atom. The molecule has 1 atom stereocenters. The van der Waals surface area contributed by atoms with E-state index in [2.05, 4.69) is 29.2 Å². The first-order valence-corrected chi connectivity index (χ1v) is 8.59. The van der Waals surface area contributed by atoms with Gasteiger partial charge in [-0.1, -0.05) is 18.5 Å². The highest BCUT2D eigenvalue weighted by Gasteiger charge is 2.43. The van der Waals surface area contributed by atoms with E-state index < -0.39 is 0 Å². The van der Waals surface area contributed by atoms with Crippen LogP contribution in [-0.4, -0.2) is 39.9 Å². The lowest BCUT2D eigenvalue weighted by Crippen LogP contribution is -2.50. The van der Waals surface area contributed by atoms with Gasteiger partial charge in [-0.05, 0) is 51.6 Å². The third-order valence-corrected chi connectivity index (χ3v) is 5.52. The summed E-state index contributed by atoms with van der Waals surface area (Å²) in [6.07, 6.45) is 4.86. The summed E-state index contributed by atoms with van der Waals surface area (Å²) < 4.78 is 1.97. The van der Waals surface area contributed by atoms with Crippen LogP contribution in [0.5, 0.6) is 0 Å². The van der Waals surface area contributed by atoms with Crippen molar-refractivity contribution in [2.24, 2.45) is 13.0 Å². The van der Waals surface area contributed by atoms with Crippen molar-refractivity contribution in [3.05, 3.63) is 16.4 Å². The van der Waals surface area contributed by atoms with Crippen LogP contribution >= 0.6 is 11.6 Å². The Bertz CT molecular complexity index is 509. The Morgan fingerprint density at radius 1 is 1.43 bits per heavy atom. The zero-order chi connectivity index (χ0) is 15.0. The quantitative estimate of drug-likeness (QED) is 0.928. The molecule has 0 aromatic carbocycles. The van der Waals surface area contributed by atoms with E-state index in [-0.39, 0.29) is 5.54 Å². The first-order chi connectivity index (χ1) is 10.0. The largest absolute Gasteiger partial charge is 0.310 e. The fourth-order valence-electron chi connectivity index (χ4n) is 3.61. The normalized spacial score (nSPS) is 27.8. The molecule has 2 heterocycles. The second kappa shape index (κ2) is 5.90. The van der Waals surface area contributed by atoms with E-state index in [0.29, 0.717) is 0 Å². The summed E-state index contributed by atoms with van der Waals surface area (Å²) >= 11 is 6.51. The Kier molecular flexibility index (Phi) is 4.30. The van der Waals surface area contributed by atoms with Crippen LogP contribution in [0.3, 0.4) is 0 Å². The number of aryl methyl sites for hydroxylation is 2. The maximum Gasteiger partial charge on any atom is 0.0863 e. The van der Waals surface area contributed by atoms with Crippen molar-refractivity contribution in [2.75, 3.05) is 19.6 Å². The fourth-order valence-corrected chi connectivity index (χ4v) is 3.96. The van der Waals surface area contributed by atoms with Gasteiger partial charge in [-0.15, -0.1) is 0 Å². The standard InChI is InChI=1S/C16H27ClN4/c1-4-13-15(17)14(20(3)19-13)10-21-9-5-8-18-16(2,11-21)12-6-7-12/h12,18H,4-11H2,1-3H3. The van der Waals surface area contributed by atoms with Crippen molar-refractivity contribution >= 4 is 11.6 Å². The Hall–Kier alpha value is -0.580. The molecule has 0 bridgehead atoms. The van der Waals surface area contributed by atoms with Gasteiger partial charge in [0.15, 0.2) is 0 Å². The summed E-state index contributed by atoms with van der Waals surface area (Å²) in [6.45, 7) is 8.79. The molecular weight excluding hydrogens is 284 g/mol. The van der Waals surface area contributed by atoms with Crippen molar-refractivity contribution in [1.82, 2.24) is 20.0 Å². The topological polar surface area (TPSA) is 33.1 Å². The van der Waals surface area contributed by atoms with Crippen LogP contribution in [0.4, 0.5) is 0 Å². The van der Waals surface area contributed by atoms with Gasteiger partial charge in [0, 0.05) is 25.7 Å². The van der Waals surface area contributed by atoms with Crippen LogP contribution in [-0.2, 0) is 20.0 Å². The number of rotatable bonds is 4. The van der Waals surface area contributed by atoms with Crippen molar-refractivity contribution in [3.8, 4) is 0 Å². The van der Waals surface area contributed by atoms with Gasteiger partial charge in [-0.3, -0.25) is 9.58 Å². The molecule has 0 radical (unpaired) electrons. The lowest BCUT2D eigenvalue weighted by Gasteiger charge is -2.34. The average Bonchev–Trinajstić information content (AvgIpc) is 3.26. The molecule has 1 aromatic heterocycles. The minimum Gasteiger partial charge on any atom is -0.310 e. The number of halogens is 1. The zero-order valence-electron chi connectivity index (χ0n) is 13.5. The molecular formula is C16H27ClN4. The predicted octanol–water partition coefficient (Wildman–Crippen LogP) is 2.60. The van der Waals surface area contributed by atoms with Crippen molar-refractivity contribution in [1.29, 1.82) is 0 Å². The molecule has 1 aliphatic carbocycles. The molecule has 4 nitrogen and oxygen atoms in total. The van der Waals surface area contributed by atoms with Crippen LogP contribution in [0.25, 0.3) is 0 Å². The summed E-state index contributed by atoms with van der Waals surface area (Å²) in [5, 5.41) is 9.19. The number of nitrogens with zero attached hydrogens (tertiary/aromatic N) is 3. The minimum absolute atomic E-state index is 0.273. The monoisotopic (exact) mass is 310 g/mol. The number of aromatic nitrogens is 2. The van der Waals surface area contributed by atoms with E-state index in [9.17, 15) is 0 Å². The van der Waals surface area contributed by atoms with Gasteiger partial charge in [0.05, 0.1) is 16.4 Å². The molecule has 3 rings (SSSR count). The summed E-state index contributed by atoms with van der Waals surface area (Å²) in [6, 6.07) is 0. The van der Waals surface area contributed by atoms with Gasteiger partial charge in [0.25, 0.3) is 0 Å². The molecule has 2 aliphatic rings. The van der Waals surface area contributed by atoms with Gasteiger partial charge in [0.1, 0.15) is 0 Å². The molecule has 0 amide bonds. The number of hydrogen-bond acceptors (Lipinski definition) is 3. The van der Waals surface area contributed by atoms with Gasteiger partial charge in [-0.25, -0.2) is 0 Å². The average molecular weight is 311 g/mol. The first-order valence-electron chi connectivity index (χ1n) is 8.21. The highest BCUT2D eigenvalue weighted by Crippen LogP contribution is 2.40. The molecule has 21 heavy (non-hydrogen) atoms. The smallest absolute Gasteiger partial charge is 0.0863 e. The second-order valence-electron chi connectivity index (χ2n) is 6.87. The summed E-state index contributed by atoms with van der Waals surface area (Å²) in [5.74, 6) is 0.853. The highest BCUT2D eigenvalue weighted by atomic mass is 35.5. The third kappa shape index (κ3) is 3.13. The van der Waals surface area contributed by atoms with E-state index in [0.717, 1.165) is 54.9 Å². The van der Waals surface area contributed by atoms with E-state index in [1.54, 1.807) is 0 Å². The Balaban J connectivity index is 1.75. The molecule has 5 heteroatoms. The molecule has 1 saturated carbocycles. The summed E-state index contributed by atoms with van der Waals surface area (Å²) in [7, 11) is 2.01. The fraction of sp³-hybridized carbons (Fsp3) is 0.812. The lowest BCUT2D eigenvalue weighted by molar-refractivity contribution is 0.191. The van der Waals surface area contributed by atoms with Crippen LogP contribution in [0.1, 0.15) is 44.5 Å². The van der Waals surface area contributed by atoms with Crippen LogP contribution in [0, 0.1) is 5.92 Å². The highest BCUT2D eigenvalue weighted by molar-refractivity contribution is 6.31. The zero-order valence-corrected chi connectivity index (χ0v) is 14.2. The number of nitrogens with one attached hydrogen (secondary N) is 1. The SMILES string of the molecule is CCc1nn(C)c(CN2CCCNC(C)(C3CC3)C2)c1Cl. The third-order valence-electron chi connectivity index (χ3n) is 5.09. The Labute approximate surface area is 132 Å². The van der Waals surface area contributed by atoms with E-state index in [1.165, 1.54) is 19.3 Å². The maximum absolute atomic E-state index is 6.51. The summed E-state index contributed by atoms with van der Waals surface area (Å²) in [5.41, 5.74) is 2.45. The van der Waals surface area contributed by atoms with E-state index >= 15 is 0 Å². The van der Waals surface area contributed by atoms with Crippen LogP contribution in [0.15, 0.2) is 0 Å². The maximum atomic E-state index is 6.51. The van der Waals surface area contributed by atoms with Crippen molar-refractivity contribution in [3.63, 3.8) is 0 Å². The van der Waals surface area contributed by atoms with Gasteiger partial charge in [-0.2, -0.15) is 5.10 Å². The van der Waals surface area contributed by atoms with Crippen molar-refractivity contribution in [2.45, 2.75) is 51.6 Å². The first kappa shape index (κ1) is 15.3. The lowest BCUT2D eigenvalue weighted by atomic mass is 9.95. The van der Waals surface area contributed by atoms with Gasteiger partial charge >= 0.3 is 0 Å². The van der Waals surface area contributed by atoms with Crippen LogP contribution < -0.4 is 5.32 Å². The van der Waals surface area contributed by atoms with Crippen LogP contribution in [0.2, 0.25) is 5.02 Å². The molecule has 0 spiro atoms. The minimum atomic E-state index is 0.273. The molecule has 1 aromatic rings. The van der Waals surface area contributed by atoms with Crippen molar-refractivity contribution < 1.29 is 0 Å².